The number of aromatic nitrogens is 2. The summed E-state index contributed by atoms with van der Waals surface area (Å²) in [6.45, 7) is 4.28. The monoisotopic (exact) mass is 292 g/mol. The molecule has 20 heavy (non-hydrogen) atoms. The SMILES string of the molecule is CC(CO)CSC(C)c1nc(Cc2ccccc2)no1. The number of rotatable bonds is 7. The second-order valence-electron chi connectivity index (χ2n) is 4.97. The molecule has 2 aromatic rings. The molecule has 1 aromatic heterocycles. The fraction of sp³-hybridized carbons (Fsp3) is 0.467. The first-order valence-electron chi connectivity index (χ1n) is 6.78. The average molecular weight is 292 g/mol. The minimum absolute atomic E-state index is 0.154. The highest BCUT2D eigenvalue weighted by atomic mass is 32.2. The second-order valence-corrected chi connectivity index (χ2v) is 6.35. The van der Waals surface area contributed by atoms with Crippen LogP contribution in [0.4, 0.5) is 0 Å². The number of hydrogen-bond donors (Lipinski definition) is 1. The molecule has 2 unspecified atom stereocenters. The van der Waals surface area contributed by atoms with Crippen molar-refractivity contribution < 1.29 is 9.63 Å². The number of thioether (sulfide) groups is 1. The molecule has 2 atom stereocenters. The van der Waals surface area contributed by atoms with E-state index in [4.69, 9.17) is 9.63 Å². The Morgan fingerprint density at radius 3 is 2.70 bits per heavy atom. The van der Waals surface area contributed by atoms with E-state index >= 15 is 0 Å². The van der Waals surface area contributed by atoms with Gasteiger partial charge in [0.05, 0.1) is 5.25 Å². The first-order valence-corrected chi connectivity index (χ1v) is 7.82. The zero-order valence-corrected chi connectivity index (χ0v) is 12.6. The predicted molar refractivity (Wildman–Crippen MR) is 80.7 cm³/mol. The molecule has 1 N–H and O–H groups in total. The Morgan fingerprint density at radius 1 is 1.25 bits per heavy atom. The van der Waals surface area contributed by atoms with Crippen LogP contribution in [-0.4, -0.2) is 27.6 Å². The lowest BCUT2D eigenvalue weighted by molar-refractivity contribution is 0.250. The van der Waals surface area contributed by atoms with E-state index in [0.29, 0.717) is 18.1 Å². The van der Waals surface area contributed by atoms with Gasteiger partial charge in [-0.05, 0) is 24.2 Å². The molecule has 0 bridgehead atoms. The maximum Gasteiger partial charge on any atom is 0.239 e. The molecule has 0 spiro atoms. The van der Waals surface area contributed by atoms with Crippen molar-refractivity contribution in [1.29, 1.82) is 0 Å². The van der Waals surface area contributed by atoms with Crippen molar-refractivity contribution >= 4 is 11.8 Å². The maximum absolute atomic E-state index is 9.02. The highest BCUT2D eigenvalue weighted by Crippen LogP contribution is 2.28. The largest absolute Gasteiger partial charge is 0.396 e. The van der Waals surface area contributed by atoms with Gasteiger partial charge in [-0.1, -0.05) is 42.4 Å². The van der Waals surface area contributed by atoms with Crippen LogP contribution >= 0.6 is 11.8 Å². The smallest absolute Gasteiger partial charge is 0.239 e. The third-order valence-corrected chi connectivity index (χ3v) is 4.44. The molecular weight excluding hydrogens is 272 g/mol. The van der Waals surface area contributed by atoms with Gasteiger partial charge in [-0.15, -0.1) is 11.8 Å². The molecule has 0 aliphatic heterocycles. The Hall–Kier alpha value is -1.33. The van der Waals surface area contributed by atoms with Gasteiger partial charge in [-0.3, -0.25) is 0 Å². The summed E-state index contributed by atoms with van der Waals surface area (Å²) in [7, 11) is 0. The normalized spacial score (nSPS) is 14.2. The summed E-state index contributed by atoms with van der Waals surface area (Å²) in [5.74, 6) is 2.54. The second kappa shape index (κ2) is 7.45. The molecule has 0 aliphatic rings. The maximum atomic E-state index is 9.02. The molecule has 0 radical (unpaired) electrons. The Labute approximate surface area is 123 Å². The van der Waals surface area contributed by atoms with Crippen molar-refractivity contribution in [2.75, 3.05) is 12.4 Å². The van der Waals surface area contributed by atoms with Gasteiger partial charge in [0.2, 0.25) is 5.89 Å². The molecule has 1 aromatic carbocycles. The van der Waals surface area contributed by atoms with E-state index in [1.165, 1.54) is 5.56 Å². The van der Waals surface area contributed by atoms with Crippen molar-refractivity contribution in [3.63, 3.8) is 0 Å². The van der Waals surface area contributed by atoms with Crippen molar-refractivity contribution in [3.05, 3.63) is 47.6 Å². The molecule has 5 heteroatoms. The summed E-state index contributed by atoms with van der Waals surface area (Å²) < 4.78 is 5.32. The van der Waals surface area contributed by atoms with Crippen LogP contribution in [-0.2, 0) is 6.42 Å². The number of aliphatic hydroxyl groups is 1. The van der Waals surface area contributed by atoms with Crippen LogP contribution in [0.3, 0.4) is 0 Å². The summed E-state index contributed by atoms with van der Waals surface area (Å²) in [6.07, 6.45) is 0.689. The molecule has 0 amide bonds. The van der Waals surface area contributed by atoms with E-state index < -0.39 is 0 Å². The summed E-state index contributed by atoms with van der Waals surface area (Å²) in [5, 5.41) is 13.2. The Balaban J connectivity index is 1.91. The van der Waals surface area contributed by atoms with Gasteiger partial charge in [-0.2, -0.15) is 4.98 Å². The van der Waals surface area contributed by atoms with E-state index in [0.717, 1.165) is 5.75 Å². The van der Waals surface area contributed by atoms with E-state index in [2.05, 4.69) is 29.2 Å². The number of hydrogen-bond acceptors (Lipinski definition) is 5. The quantitative estimate of drug-likeness (QED) is 0.850. The average Bonchev–Trinajstić information content (AvgIpc) is 2.94. The van der Waals surface area contributed by atoms with Gasteiger partial charge in [0.1, 0.15) is 0 Å². The Morgan fingerprint density at radius 2 is 2.00 bits per heavy atom. The van der Waals surface area contributed by atoms with Crippen molar-refractivity contribution in [1.82, 2.24) is 10.1 Å². The van der Waals surface area contributed by atoms with Gasteiger partial charge in [0.25, 0.3) is 0 Å². The molecule has 108 valence electrons. The lowest BCUT2D eigenvalue weighted by Gasteiger charge is -2.09. The van der Waals surface area contributed by atoms with Crippen molar-refractivity contribution in [2.24, 2.45) is 5.92 Å². The van der Waals surface area contributed by atoms with Crippen molar-refractivity contribution in [3.8, 4) is 0 Å². The molecule has 1 heterocycles. The summed E-state index contributed by atoms with van der Waals surface area (Å²) in [6, 6.07) is 10.1. The topological polar surface area (TPSA) is 59.2 Å². The van der Waals surface area contributed by atoms with Gasteiger partial charge in [0.15, 0.2) is 5.82 Å². The first kappa shape index (κ1) is 15.1. The lowest BCUT2D eigenvalue weighted by atomic mass is 10.1. The minimum Gasteiger partial charge on any atom is -0.396 e. The standard InChI is InChI=1S/C15H20N2O2S/c1-11(9-18)10-20-12(2)15-16-14(17-19-15)8-13-6-4-3-5-7-13/h3-7,11-12,18H,8-10H2,1-2H3. The zero-order chi connectivity index (χ0) is 14.4. The highest BCUT2D eigenvalue weighted by molar-refractivity contribution is 7.99. The van der Waals surface area contributed by atoms with E-state index in [9.17, 15) is 0 Å². The van der Waals surface area contributed by atoms with Crippen LogP contribution in [0.2, 0.25) is 0 Å². The fourth-order valence-electron chi connectivity index (χ4n) is 1.72. The number of nitrogens with zero attached hydrogens (tertiary/aromatic N) is 2. The predicted octanol–water partition coefficient (Wildman–Crippen LogP) is 3.08. The summed E-state index contributed by atoms with van der Waals surface area (Å²) in [5.41, 5.74) is 1.18. The van der Waals surface area contributed by atoms with E-state index in [1.807, 2.05) is 25.1 Å². The van der Waals surface area contributed by atoms with Gasteiger partial charge >= 0.3 is 0 Å². The van der Waals surface area contributed by atoms with E-state index in [1.54, 1.807) is 11.8 Å². The van der Waals surface area contributed by atoms with Crippen LogP contribution in [0.5, 0.6) is 0 Å². The summed E-state index contributed by atoms with van der Waals surface area (Å²) in [4.78, 5) is 4.45. The number of benzene rings is 1. The van der Waals surface area contributed by atoms with Crippen LogP contribution in [0.1, 0.15) is 36.4 Å². The van der Waals surface area contributed by atoms with Crippen LogP contribution in [0, 0.1) is 5.92 Å². The third-order valence-electron chi connectivity index (χ3n) is 2.98. The van der Waals surface area contributed by atoms with Crippen LogP contribution in [0.25, 0.3) is 0 Å². The Kier molecular flexibility index (Phi) is 5.61. The molecule has 0 saturated heterocycles. The zero-order valence-electron chi connectivity index (χ0n) is 11.8. The molecule has 4 nitrogen and oxygen atoms in total. The minimum atomic E-state index is 0.154. The fourth-order valence-corrected chi connectivity index (χ4v) is 2.68. The van der Waals surface area contributed by atoms with Crippen molar-refractivity contribution in [2.45, 2.75) is 25.5 Å². The molecular formula is C15H20N2O2S. The van der Waals surface area contributed by atoms with Gasteiger partial charge in [0, 0.05) is 13.0 Å². The Bertz CT molecular complexity index is 516. The van der Waals surface area contributed by atoms with Gasteiger partial charge in [-0.25, -0.2) is 0 Å². The molecule has 0 fully saturated rings. The third kappa shape index (κ3) is 4.35. The van der Waals surface area contributed by atoms with Crippen LogP contribution in [0.15, 0.2) is 34.9 Å². The number of aliphatic hydroxyl groups excluding tert-OH is 1. The highest BCUT2D eigenvalue weighted by Gasteiger charge is 2.16. The lowest BCUT2D eigenvalue weighted by Crippen LogP contribution is -2.05. The first-order chi connectivity index (χ1) is 9.69. The van der Waals surface area contributed by atoms with Gasteiger partial charge < -0.3 is 9.63 Å². The van der Waals surface area contributed by atoms with Crippen LogP contribution < -0.4 is 0 Å². The molecule has 0 saturated carbocycles. The summed E-state index contributed by atoms with van der Waals surface area (Å²) >= 11 is 1.73. The molecule has 0 aliphatic carbocycles. The van der Waals surface area contributed by atoms with E-state index in [-0.39, 0.29) is 17.8 Å². The molecule has 2 rings (SSSR count).